The Bertz CT molecular complexity index is 424. The van der Waals surface area contributed by atoms with Gasteiger partial charge in [0.25, 0.3) is 0 Å². The van der Waals surface area contributed by atoms with Crippen molar-refractivity contribution in [1.82, 2.24) is 4.90 Å². The van der Waals surface area contributed by atoms with E-state index in [1.54, 1.807) is 7.11 Å². The summed E-state index contributed by atoms with van der Waals surface area (Å²) < 4.78 is 11.2. The smallest absolute Gasteiger partial charge is 0.123 e. The molecule has 2 atom stereocenters. The Balaban J connectivity index is 1.74. The van der Waals surface area contributed by atoms with Gasteiger partial charge in [0.1, 0.15) is 5.75 Å². The number of nitrogen functional groups attached to an aromatic ring is 1. The minimum Gasteiger partial charge on any atom is -0.496 e. The highest BCUT2D eigenvalue weighted by molar-refractivity contribution is 5.47. The first-order valence-corrected chi connectivity index (χ1v) is 6.55. The molecule has 0 saturated carbocycles. The number of hydrogen-bond acceptors (Lipinski definition) is 4. The molecule has 2 unspecified atom stereocenters. The van der Waals surface area contributed by atoms with Gasteiger partial charge in [-0.3, -0.25) is 4.90 Å². The molecule has 4 heteroatoms. The zero-order valence-electron chi connectivity index (χ0n) is 10.8. The van der Waals surface area contributed by atoms with Gasteiger partial charge >= 0.3 is 0 Å². The summed E-state index contributed by atoms with van der Waals surface area (Å²) in [7, 11) is 1.71. The van der Waals surface area contributed by atoms with Crippen LogP contribution >= 0.6 is 0 Å². The van der Waals surface area contributed by atoms with Crippen LogP contribution in [-0.4, -0.2) is 37.3 Å². The number of nitrogens with two attached hydrogens (primary N) is 1. The van der Waals surface area contributed by atoms with Crippen LogP contribution in [0.25, 0.3) is 0 Å². The maximum absolute atomic E-state index is 5.86. The van der Waals surface area contributed by atoms with E-state index in [0.717, 1.165) is 31.1 Å². The molecule has 0 aromatic heterocycles. The summed E-state index contributed by atoms with van der Waals surface area (Å²) in [6.45, 7) is 2.94. The average Bonchev–Trinajstić information content (AvgIpc) is 2.69. The molecule has 2 heterocycles. The Labute approximate surface area is 108 Å². The maximum Gasteiger partial charge on any atom is 0.123 e. The van der Waals surface area contributed by atoms with Crippen molar-refractivity contribution in [2.75, 3.05) is 25.9 Å². The van der Waals surface area contributed by atoms with Crippen LogP contribution in [0.3, 0.4) is 0 Å². The Morgan fingerprint density at radius 2 is 2.06 bits per heavy atom. The molecule has 0 spiro atoms. The fourth-order valence-electron chi connectivity index (χ4n) is 2.99. The van der Waals surface area contributed by atoms with Crippen molar-refractivity contribution in [2.45, 2.75) is 31.6 Å². The van der Waals surface area contributed by atoms with Gasteiger partial charge in [0, 0.05) is 30.9 Å². The van der Waals surface area contributed by atoms with Crippen molar-refractivity contribution in [2.24, 2.45) is 0 Å². The van der Waals surface area contributed by atoms with Gasteiger partial charge in [0.2, 0.25) is 0 Å². The summed E-state index contributed by atoms with van der Waals surface area (Å²) in [4.78, 5) is 2.45. The van der Waals surface area contributed by atoms with Crippen LogP contribution in [0.15, 0.2) is 18.2 Å². The summed E-state index contributed by atoms with van der Waals surface area (Å²) in [5.41, 5.74) is 7.81. The van der Waals surface area contributed by atoms with Crippen molar-refractivity contribution in [1.29, 1.82) is 0 Å². The topological polar surface area (TPSA) is 47.7 Å². The van der Waals surface area contributed by atoms with E-state index in [4.69, 9.17) is 15.2 Å². The third-order valence-corrected chi connectivity index (χ3v) is 3.82. The minimum atomic E-state index is 0.427. The number of rotatable bonds is 3. The monoisotopic (exact) mass is 248 g/mol. The lowest BCUT2D eigenvalue weighted by atomic mass is 10.1. The van der Waals surface area contributed by atoms with Crippen LogP contribution in [0.4, 0.5) is 5.69 Å². The van der Waals surface area contributed by atoms with Gasteiger partial charge in [0.15, 0.2) is 0 Å². The molecule has 1 aromatic carbocycles. The molecule has 0 radical (unpaired) electrons. The lowest BCUT2D eigenvalue weighted by molar-refractivity contribution is -0.0412. The second-order valence-corrected chi connectivity index (χ2v) is 5.22. The van der Waals surface area contributed by atoms with Crippen molar-refractivity contribution in [3.8, 4) is 5.75 Å². The molecular weight excluding hydrogens is 228 g/mol. The number of fused-ring (bicyclic) bond motifs is 2. The number of morpholine rings is 1. The number of ether oxygens (including phenoxy) is 2. The van der Waals surface area contributed by atoms with E-state index in [1.807, 2.05) is 18.2 Å². The molecular formula is C14H20N2O2. The SMILES string of the molecule is COc1ccc(N)cc1CN1CC2CCC(C1)O2. The molecule has 0 aliphatic carbocycles. The second kappa shape index (κ2) is 4.78. The first-order valence-electron chi connectivity index (χ1n) is 6.55. The summed E-state index contributed by atoms with van der Waals surface area (Å²) in [6.07, 6.45) is 3.26. The molecule has 2 aliphatic rings. The highest BCUT2D eigenvalue weighted by atomic mass is 16.5. The molecule has 0 amide bonds. The van der Waals surface area contributed by atoms with Gasteiger partial charge in [-0.2, -0.15) is 0 Å². The Kier molecular flexibility index (Phi) is 3.14. The van der Waals surface area contributed by atoms with Crippen molar-refractivity contribution < 1.29 is 9.47 Å². The number of anilines is 1. The van der Waals surface area contributed by atoms with E-state index in [-0.39, 0.29) is 0 Å². The van der Waals surface area contributed by atoms with Crippen LogP contribution in [0, 0.1) is 0 Å². The predicted octanol–water partition coefficient (Wildman–Crippen LogP) is 1.64. The summed E-state index contributed by atoms with van der Waals surface area (Å²) in [6, 6.07) is 5.83. The minimum absolute atomic E-state index is 0.427. The first-order chi connectivity index (χ1) is 8.74. The van der Waals surface area contributed by atoms with Gasteiger partial charge in [-0.15, -0.1) is 0 Å². The fourth-order valence-corrected chi connectivity index (χ4v) is 2.99. The van der Waals surface area contributed by atoms with E-state index < -0.39 is 0 Å². The third kappa shape index (κ3) is 2.31. The Morgan fingerprint density at radius 3 is 2.72 bits per heavy atom. The van der Waals surface area contributed by atoms with E-state index in [1.165, 1.54) is 18.4 Å². The van der Waals surface area contributed by atoms with E-state index in [0.29, 0.717) is 12.2 Å². The molecule has 2 fully saturated rings. The molecule has 2 aliphatic heterocycles. The zero-order chi connectivity index (χ0) is 12.5. The second-order valence-electron chi connectivity index (χ2n) is 5.22. The van der Waals surface area contributed by atoms with Crippen molar-refractivity contribution >= 4 is 5.69 Å². The Hall–Kier alpha value is -1.26. The van der Waals surface area contributed by atoms with Crippen LogP contribution in [0.1, 0.15) is 18.4 Å². The molecule has 98 valence electrons. The van der Waals surface area contributed by atoms with E-state index in [9.17, 15) is 0 Å². The average molecular weight is 248 g/mol. The predicted molar refractivity (Wildman–Crippen MR) is 70.6 cm³/mol. The summed E-state index contributed by atoms with van der Waals surface area (Å²) in [5.74, 6) is 0.919. The highest BCUT2D eigenvalue weighted by Crippen LogP contribution is 2.29. The number of methoxy groups -OCH3 is 1. The highest BCUT2D eigenvalue weighted by Gasteiger charge is 2.33. The summed E-state index contributed by atoms with van der Waals surface area (Å²) in [5, 5.41) is 0. The molecule has 1 aromatic rings. The van der Waals surface area contributed by atoms with Gasteiger partial charge < -0.3 is 15.2 Å². The van der Waals surface area contributed by atoms with Crippen molar-refractivity contribution in [3.05, 3.63) is 23.8 Å². The number of benzene rings is 1. The quantitative estimate of drug-likeness (QED) is 0.826. The fraction of sp³-hybridized carbons (Fsp3) is 0.571. The zero-order valence-corrected chi connectivity index (χ0v) is 10.8. The molecule has 2 saturated heterocycles. The lowest BCUT2D eigenvalue weighted by Crippen LogP contribution is -2.42. The number of likely N-dealkylation sites (tertiary alicyclic amines) is 1. The van der Waals surface area contributed by atoms with Crippen LogP contribution in [-0.2, 0) is 11.3 Å². The maximum atomic E-state index is 5.86. The summed E-state index contributed by atoms with van der Waals surface area (Å²) >= 11 is 0. The Morgan fingerprint density at radius 1 is 1.33 bits per heavy atom. The van der Waals surface area contributed by atoms with E-state index >= 15 is 0 Å². The standard InChI is InChI=1S/C14H20N2O2/c1-17-14-5-2-11(15)6-10(14)7-16-8-12-3-4-13(9-16)18-12/h2,5-6,12-13H,3-4,7-9,15H2,1H3. The largest absolute Gasteiger partial charge is 0.496 e. The van der Waals surface area contributed by atoms with Gasteiger partial charge in [-0.05, 0) is 31.0 Å². The lowest BCUT2D eigenvalue weighted by Gasteiger charge is -2.32. The van der Waals surface area contributed by atoms with Gasteiger partial charge in [-0.25, -0.2) is 0 Å². The number of hydrogen-bond donors (Lipinski definition) is 1. The molecule has 2 N–H and O–H groups in total. The normalized spacial score (nSPS) is 27.4. The van der Waals surface area contributed by atoms with Crippen LogP contribution in [0.5, 0.6) is 5.75 Å². The van der Waals surface area contributed by atoms with E-state index in [2.05, 4.69) is 4.90 Å². The number of nitrogens with zero attached hydrogens (tertiary/aromatic N) is 1. The van der Waals surface area contributed by atoms with Crippen molar-refractivity contribution in [3.63, 3.8) is 0 Å². The third-order valence-electron chi connectivity index (χ3n) is 3.82. The molecule has 2 bridgehead atoms. The molecule has 4 nitrogen and oxygen atoms in total. The molecule has 3 rings (SSSR count). The van der Waals surface area contributed by atoms with Crippen LogP contribution < -0.4 is 10.5 Å². The van der Waals surface area contributed by atoms with Gasteiger partial charge in [-0.1, -0.05) is 0 Å². The van der Waals surface area contributed by atoms with Crippen LogP contribution in [0.2, 0.25) is 0 Å². The first kappa shape index (κ1) is 11.8. The van der Waals surface area contributed by atoms with Gasteiger partial charge in [0.05, 0.1) is 19.3 Å². The molecule has 18 heavy (non-hydrogen) atoms.